The van der Waals surface area contributed by atoms with Crippen molar-refractivity contribution in [3.63, 3.8) is 0 Å². The van der Waals surface area contributed by atoms with E-state index in [1.807, 2.05) is 27.7 Å². The van der Waals surface area contributed by atoms with E-state index in [1.54, 1.807) is 24.3 Å². The van der Waals surface area contributed by atoms with E-state index in [0.717, 1.165) is 0 Å². The van der Waals surface area contributed by atoms with Gasteiger partial charge in [0, 0.05) is 18.5 Å². The molecular weight excluding hydrogens is 322 g/mol. The molecule has 1 heterocycles. The monoisotopic (exact) mass is 345 g/mol. The summed E-state index contributed by atoms with van der Waals surface area (Å²) < 4.78 is 5.35. The molecule has 1 aromatic heterocycles. The molecule has 2 rings (SSSR count). The van der Waals surface area contributed by atoms with Crippen LogP contribution in [0.2, 0.25) is 0 Å². The lowest BCUT2D eigenvalue weighted by atomic mass is 9.96. The number of hydrogen-bond acceptors (Lipinski definition) is 5. The summed E-state index contributed by atoms with van der Waals surface area (Å²) in [6.07, 6.45) is -0.101. The maximum Gasteiger partial charge on any atom is 0.305 e. The predicted molar refractivity (Wildman–Crippen MR) is 92.3 cm³/mol. The zero-order valence-corrected chi connectivity index (χ0v) is 14.9. The third kappa shape index (κ3) is 4.43. The van der Waals surface area contributed by atoms with Crippen molar-refractivity contribution < 1.29 is 19.2 Å². The first-order valence-corrected chi connectivity index (χ1v) is 8.18. The average Bonchev–Trinajstić information content (AvgIpc) is 3.05. The molecule has 2 aromatic rings. The number of carboxylic acids is 1. The van der Waals surface area contributed by atoms with E-state index in [0.29, 0.717) is 23.5 Å². The molecule has 0 aliphatic rings. The molecule has 0 aliphatic heterocycles. The van der Waals surface area contributed by atoms with Gasteiger partial charge in [-0.2, -0.15) is 4.98 Å². The molecular formula is C18H23N3O4. The Labute approximate surface area is 146 Å². The molecule has 0 atom stereocenters. The van der Waals surface area contributed by atoms with Gasteiger partial charge in [0.25, 0.3) is 11.8 Å². The quantitative estimate of drug-likeness (QED) is 0.864. The van der Waals surface area contributed by atoms with E-state index in [1.165, 1.54) is 4.90 Å². The Morgan fingerprint density at radius 2 is 1.92 bits per heavy atom. The van der Waals surface area contributed by atoms with E-state index >= 15 is 0 Å². The van der Waals surface area contributed by atoms with Crippen molar-refractivity contribution in [3.8, 4) is 11.5 Å². The van der Waals surface area contributed by atoms with Crippen LogP contribution in [0.4, 0.5) is 0 Å². The third-order valence-electron chi connectivity index (χ3n) is 3.75. The highest BCUT2D eigenvalue weighted by molar-refractivity contribution is 6.00. The molecule has 0 spiro atoms. The molecule has 7 nitrogen and oxygen atoms in total. The zero-order chi connectivity index (χ0) is 18.6. The third-order valence-corrected chi connectivity index (χ3v) is 3.75. The fourth-order valence-electron chi connectivity index (χ4n) is 2.30. The molecule has 0 unspecified atom stereocenters. The highest BCUT2D eigenvalue weighted by Crippen LogP contribution is 2.26. The largest absolute Gasteiger partial charge is 0.481 e. The van der Waals surface area contributed by atoms with Crippen molar-refractivity contribution in [3.05, 3.63) is 35.7 Å². The summed E-state index contributed by atoms with van der Waals surface area (Å²) in [6, 6.07) is 6.98. The summed E-state index contributed by atoms with van der Waals surface area (Å²) in [6.45, 7) is 8.30. The van der Waals surface area contributed by atoms with Crippen molar-refractivity contribution in [2.75, 3.05) is 13.1 Å². The maximum absolute atomic E-state index is 12.8. The van der Waals surface area contributed by atoms with Crippen LogP contribution in [0.5, 0.6) is 0 Å². The second kappa shape index (κ2) is 7.46. The Kier molecular flexibility index (Phi) is 5.56. The van der Waals surface area contributed by atoms with Crippen LogP contribution in [0.25, 0.3) is 11.5 Å². The van der Waals surface area contributed by atoms with Crippen molar-refractivity contribution in [2.24, 2.45) is 0 Å². The van der Waals surface area contributed by atoms with Crippen LogP contribution < -0.4 is 0 Å². The lowest BCUT2D eigenvalue weighted by Gasteiger charge is -2.21. The van der Waals surface area contributed by atoms with E-state index < -0.39 is 5.97 Å². The van der Waals surface area contributed by atoms with Gasteiger partial charge in [-0.3, -0.25) is 9.59 Å². The Bertz CT molecular complexity index is 762. The van der Waals surface area contributed by atoms with Crippen LogP contribution in [0.1, 0.15) is 50.3 Å². The number of carboxylic acid groups (broad SMARTS) is 1. The van der Waals surface area contributed by atoms with Crippen LogP contribution in [0.15, 0.2) is 28.8 Å². The van der Waals surface area contributed by atoms with Crippen LogP contribution in [0.3, 0.4) is 0 Å². The molecule has 7 heteroatoms. The molecule has 0 saturated carbocycles. The molecule has 0 fully saturated rings. The summed E-state index contributed by atoms with van der Waals surface area (Å²) >= 11 is 0. The summed E-state index contributed by atoms with van der Waals surface area (Å²) in [7, 11) is 0. The van der Waals surface area contributed by atoms with E-state index in [4.69, 9.17) is 9.63 Å². The van der Waals surface area contributed by atoms with Gasteiger partial charge in [0.2, 0.25) is 0 Å². The molecule has 25 heavy (non-hydrogen) atoms. The second-order valence-electron chi connectivity index (χ2n) is 6.75. The lowest BCUT2D eigenvalue weighted by molar-refractivity contribution is -0.137. The Morgan fingerprint density at radius 3 is 2.48 bits per heavy atom. The zero-order valence-electron chi connectivity index (χ0n) is 14.9. The fraction of sp³-hybridized carbons (Fsp3) is 0.444. The highest BCUT2D eigenvalue weighted by atomic mass is 16.5. The molecule has 1 aromatic carbocycles. The van der Waals surface area contributed by atoms with Crippen LogP contribution in [0, 0.1) is 0 Å². The summed E-state index contributed by atoms with van der Waals surface area (Å²) in [5, 5.41) is 12.9. The van der Waals surface area contributed by atoms with Gasteiger partial charge in [-0.15, -0.1) is 0 Å². The summed E-state index contributed by atoms with van der Waals surface area (Å²) in [4.78, 5) is 29.5. The minimum atomic E-state index is -0.939. The number of amides is 1. The first-order valence-electron chi connectivity index (χ1n) is 8.18. The summed E-state index contributed by atoms with van der Waals surface area (Å²) in [5.41, 5.74) is 0.695. The molecule has 0 bridgehead atoms. The maximum atomic E-state index is 12.8. The number of rotatable bonds is 6. The van der Waals surface area contributed by atoms with Gasteiger partial charge in [-0.1, -0.05) is 38.1 Å². The van der Waals surface area contributed by atoms with Gasteiger partial charge in [-0.05, 0) is 19.1 Å². The average molecular weight is 345 g/mol. The topological polar surface area (TPSA) is 96.5 Å². The summed E-state index contributed by atoms with van der Waals surface area (Å²) in [5.74, 6) is -0.354. The molecule has 1 N–H and O–H groups in total. The predicted octanol–water partition coefficient (Wildman–Crippen LogP) is 2.97. The molecule has 0 saturated heterocycles. The first kappa shape index (κ1) is 18.6. The highest BCUT2D eigenvalue weighted by Gasteiger charge is 2.25. The number of carbonyl (C=O) groups excluding carboxylic acids is 1. The Hall–Kier alpha value is -2.70. The van der Waals surface area contributed by atoms with Crippen molar-refractivity contribution in [1.82, 2.24) is 15.0 Å². The normalized spacial score (nSPS) is 11.4. The molecule has 0 radical (unpaired) electrons. The van der Waals surface area contributed by atoms with Crippen LogP contribution in [-0.2, 0) is 10.2 Å². The number of carbonyl (C=O) groups is 2. The van der Waals surface area contributed by atoms with Crippen molar-refractivity contribution in [2.45, 2.75) is 39.5 Å². The molecule has 1 amide bonds. The number of aliphatic carboxylic acids is 1. The second-order valence-corrected chi connectivity index (χ2v) is 6.75. The van der Waals surface area contributed by atoms with E-state index in [-0.39, 0.29) is 30.2 Å². The van der Waals surface area contributed by atoms with Crippen molar-refractivity contribution in [1.29, 1.82) is 0 Å². The fourth-order valence-corrected chi connectivity index (χ4v) is 2.30. The number of aromatic nitrogens is 2. The van der Waals surface area contributed by atoms with E-state index in [9.17, 15) is 9.59 Å². The Balaban J connectivity index is 2.35. The number of hydrogen-bond donors (Lipinski definition) is 1. The standard InChI is InChI=1S/C18H23N3O4/c1-5-21(11-10-14(22)23)16(24)13-9-7-6-8-12(13)15-19-17(20-25-15)18(2,3)4/h6-9H,5,10-11H2,1-4H3,(H,22,23). The number of nitrogens with zero attached hydrogens (tertiary/aromatic N) is 3. The molecule has 134 valence electrons. The van der Waals surface area contributed by atoms with Gasteiger partial charge in [0.15, 0.2) is 5.82 Å². The van der Waals surface area contributed by atoms with Crippen LogP contribution in [-0.4, -0.2) is 45.1 Å². The van der Waals surface area contributed by atoms with Crippen LogP contribution >= 0.6 is 0 Å². The van der Waals surface area contributed by atoms with Gasteiger partial charge in [0.05, 0.1) is 17.5 Å². The van der Waals surface area contributed by atoms with E-state index in [2.05, 4.69) is 10.1 Å². The van der Waals surface area contributed by atoms with Crippen molar-refractivity contribution >= 4 is 11.9 Å². The minimum Gasteiger partial charge on any atom is -0.481 e. The Morgan fingerprint density at radius 1 is 1.24 bits per heavy atom. The number of benzene rings is 1. The van der Waals surface area contributed by atoms with Gasteiger partial charge in [0.1, 0.15) is 0 Å². The SMILES string of the molecule is CCN(CCC(=O)O)C(=O)c1ccccc1-c1nc(C(C)(C)C)no1. The lowest BCUT2D eigenvalue weighted by Crippen LogP contribution is -2.33. The minimum absolute atomic E-state index is 0.101. The van der Waals surface area contributed by atoms with Gasteiger partial charge < -0.3 is 14.5 Å². The van der Waals surface area contributed by atoms with Gasteiger partial charge >= 0.3 is 5.97 Å². The first-order chi connectivity index (χ1) is 11.7. The molecule has 0 aliphatic carbocycles. The smallest absolute Gasteiger partial charge is 0.305 e. The van der Waals surface area contributed by atoms with Gasteiger partial charge in [-0.25, -0.2) is 0 Å².